The van der Waals surface area contributed by atoms with Gasteiger partial charge in [0.2, 0.25) is 0 Å². The third-order valence-electron chi connectivity index (χ3n) is 7.30. The number of nitrogens with zero attached hydrogens (tertiary/aromatic N) is 2. The third-order valence-corrected chi connectivity index (χ3v) is 8.45. The van der Waals surface area contributed by atoms with Gasteiger partial charge in [-0.1, -0.05) is 0 Å². The molecule has 4 aromatic rings. The van der Waals surface area contributed by atoms with Gasteiger partial charge >= 0.3 is 0 Å². The van der Waals surface area contributed by atoms with E-state index < -0.39 is 0 Å². The van der Waals surface area contributed by atoms with E-state index in [1.165, 1.54) is 11.3 Å². The molecule has 0 spiro atoms. The van der Waals surface area contributed by atoms with E-state index in [-0.39, 0.29) is 11.9 Å². The van der Waals surface area contributed by atoms with Crippen LogP contribution in [0.1, 0.15) is 53.9 Å². The largest absolute Gasteiger partial charge is 0.396 e. The van der Waals surface area contributed by atoms with Crippen molar-refractivity contribution in [1.29, 1.82) is 0 Å². The molecule has 174 valence electrons. The summed E-state index contributed by atoms with van der Waals surface area (Å²) in [4.78, 5) is 23.1. The molecule has 4 heterocycles. The number of amides is 1. The number of carbonyl (C=O) groups is 1. The molecular formula is C27H28N4O2S. The van der Waals surface area contributed by atoms with Crippen LogP contribution in [-0.2, 0) is 0 Å². The molecule has 6 rings (SSSR count). The summed E-state index contributed by atoms with van der Waals surface area (Å²) in [5.41, 5.74) is 4.88. The van der Waals surface area contributed by atoms with Crippen LogP contribution in [-0.4, -0.2) is 40.2 Å². The van der Waals surface area contributed by atoms with Gasteiger partial charge < -0.3 is 15.7 Å². The summed E-state index contributed by atoms with van der Waals surface area (Å²) in [6.07, 6.45) is 6.28. The van der Waals surface area contributed by atoms with Crippen LogP contribution in [0.2, 0.25) is 0 Å². The summed E-state index contributed by atoms with van der Waals surface area (Å²) >= 11 is 1.53. The van der Waals surface area contributed by atoms with Crippen molar-refractivity contribution in [3.05, 3.63) is 53.2 Å². The number of aliphatic hydroxyl groups is 1. The lowest BCUT2D eigenvalue weighted by Gasteiger charge is -2.26. The minimum atomic E-state index is -0.0116. The van der Waals surface area contributed by atoms with Gasteiger partial charge in [-0.05, 0) is 74.9 Å². The molecule has 3 aromatic heterocycles. The van der Waals surface area contributed by atoms with Gasteiger partial charge in [-0.25, -0.2) is 4.98 Å². The zero-order valence-electron chi connectivity index (χ0n) is 19.2. The smallest absolute Gasteiger partial charge is 0.263 e. The zero-order valence-corrected chi connectivity index (χ0v) is 20.0. The van der Waals surface area contributed by atoms with Gasteiger partial charge in [0.1, 0.15) is 4.88 Å². The van der Waals surface area contributed by atoms with Crippen LogP contribution in [0.25, 0.3) is 32.2 Å². The number of fused-ring (bicyclic) bond motifs is 5. The zero-order chi connectivity index (χ0) is 23.2. The highest BCUT2D eigenvalue weighted by molar-refractivity contribution is 7.21. The van der Waals surface area contributed by atoms with Crippen LogP contribution >= 0.6 is 11.3 Å². The highest BCUT2D eigenvalue weighted by Crippen LogP contribution is 2.41. The Kier molecular flexibility index (Phi) is 5.46. The number of aromatic nitrogens is 2. The second-order valence-corrected chi connectivity index (χ2v) is 10.7. The van der Waals surface area contributed by atoms with Crippen molar-refractivity contribution in [1.82, 2.24) is 15.3 Å². The number of aliphatic hydroxyl groups excluding tert-OH is 1. The number of rotatable bonds is 3. The average molecular weight is 473 g/mol. The number of anilines is 1. The Balaban J connectivity index is 1.33. The van der Waals surface area contributed by atoms with Gasteiger partial charge in [-0.15, -0.1) is 11.3 Å². The first-order chi connectivity index (χ1) is 16.6. The summed E-state index contributed by atoms with van der Waals surface area (Å²) in [5, 5.41) is 18.0. The number of nitrogens with one attached hydrogen (secondary N) is 2. The average Bonchev–Trinajstić information content (AvgIpc) is 3.20. The van der Waals surface area contributed by atoms with E-state index in [2.05, 4.69) is 34.9 Å². The predicted molar refractivity (Wildman–Crippen MR) is 138 cm³/mol. The maximum absolute atomic E-state index is 12.7. The lowest BCUT2D eigenvalue weighted by atomic mass is 9.80. The maximum atomic E-state index is 12.7. The number of benzene rings is 1. The van der Waals surface area contributed by atoms with E-state index in [0.717, 1.165) is 74.2 Å². The molecule has 1 aromatic carbocycles. The lowest BCUT2D eigenvalue weighted by molar-refractivity contribution is 0.0949. The maximum Gasteiger partial charge on any atom is 0.263 e. The van der Waals surface area contributed by atoms with Crippen molar-refractivity contribution in [2.75, 3.05) is 18.5 Å². The summed E-state index contributed by atoms with van der Waals surface area (Å²) in [7, 11) is 0. The molecule has 6 nitrogen and oxygen atoms in total. The van der Waals surface area contributed by atoms with Gasteiger partial charge in [-0.2, -0.15) is 0 Å². The second-order valence-electron chi connectivity index (χ2n) is 9.64. The number of hydrogen-bond donors (Lipinski definition) is 3. The monoisotopic (exact) mass is 472 g/mol. The van der Waals surface area contributed by atoms with E-state index in [1.807, 2.05) is 25.3 Å². The Morgan fingerprint density at radius 1 is 1.09 bits per heavy atom. The quantitative estimate of drug-likeness (QED) is 0.376. The fourth-order valence-corrected chi connectivity index (χ4v) is 6.42. The molecule has 0 saturated heterocycles. The predicted octanol–water partition coefficient (Wildman–Crippen LogP) is 5.32. The summed E-state index contributed by atoms with van der Waals surface area (Å²) in [5.74, 6) is 0.924. The SMILES string of the molecule is CC1CNc2c(sc3ccc4nc(-c5ccc([C@H]6CC[C@H](CO)CC6)nc5)ccc4c23)C(=O)N1. The number of hydrogen-bond acceptors (Lipinski definition) is 6. The summed E-state index contributed by atoms with van der Waals surface area (Å²) < 4.78 is 1.09. The van der Waals surface area contributed by atoms with Crippen LogP contribution in [0.15, 0.2) is 42.6 Å². The lowest BCUT2D eigenvalue weighted by Crippen LogP contribution is -2.34. The van der Waals surface area contributed by atoms with Crippen LogP contribution < -0.4 is 10.6 Å². The van der Waals surface area contributed by atoms with Crippen molar-refractivity contribution in [2.45, 2.75) is 44.6 Å². The van der Waals surface area contributed by atoms with Gasteiger partial charge in [0.15, 0.2) is 0 Å². The molecule has 7 heteroatoms. The van der Waals surface area contributed by atoms with Crippen LogP contribution in [0, 0.1) is 5.92 Å². The minimum absolute atomic E-state index is 0.0116. The van der Waals surface area contributed by atoms with Crippen molar-refractivity contribution in [3.63, 3.8) is 0 Å². The molecule has 1 saturated carbocycles. The first kappa shape index (κ1) is 21.5. The molecule has 1 fully saturated rings. The van der Waals surface area contributed by atoms with E-state index in [1.54, 1.807) is 0 Å². The van der Waals surface area contributed by atoms with E-state index in [4.69, 9.17) is 9.97 Å². The van der Waals surface area contributed by atoms with Crippen LogP contribution in [0.4, 0.5) is 5.69 Å². The Labute approximate surface area is 202 Å². The molecule has 34 heavy (non-hydrogen) atoms. The number of pyridine rings is 2. The number of carbonyl (C=O) groups excluding carboxylic acids is 1. The minimum Gasteiger partial charge on any atom is -0.396 e. The molecule has 3 N–H and O–H groups in total. The van der Waals surface area contributed by atoms with Crippen LogP contribution in [0.5, 0.6) is 0 Å². The molecular weight excluding hydrogens is 444 g/mol. The fraction of sp³-hybridized carbons (Fsp3) is 0.370. The Bertz CT molecular complexity index is 1370. The van der Waals surface area contributed by atoms with E-state index in [0.29, 0.717) is 25.0 Å². The van der Waals surface area contributed by atoms with Crippen molar-refractivity contribution < 1.29 is 9.90 Å². The summed E-state index contributed by atoms with van der Waals surface area (Å²) in [6.45, 7) is 3.01. The van der Waals surface area contributed by atoms with Gasteiger partial charge in [0.25, 0.3) is 5.91 Å². The molecule has 1 aliphatic heterocycles. The highest BCUT2D eigenvalue weighted by Gasteiger charge is 2.25. The Morgan fingerprint density at radius 2 is 1.94 bits per heavy atom. The van der Waals surface area contributed by atoms with Gasteiger partial charge in [0.05, 0.1) is 16.9 Å². The van der Waals surface area contributed by atoms with Crippen molar-refractivity contribution in [2.24, 2.45) is 5.92 Å². The Hall–Kier alpha value is -3.03. The normalized spacial score (nSPS) is 22.8. The summed E-state index contributed by atoms with van der Waals surface area (Å²) in [6, 6.07) is 12.6. The molecule has 0 radical (unpaired) electrons. The standard InChI is InChI=1S/C27H28N4O2S/c1-15-12-29-25-24-19-7-9-21(31-22(19)10-11-23(24)34-26(25)27(33)30-15)18-6-8-20(28-13-18)17-4-2-16(14-32)3-5-17/h6-11,13,15-17,29,32H,2-5,12,14H2,1H3,(H,30,33)/t15?,16-,17-. The molecule has 1 amide bonds. The number of thiophene rings is 1. The Morgan fingerprint density at radius 3 is 2.71 bits per heavy atom. The first-order valence-electron chi connectivity index (χ1n) is 12.1. The van der Waals surface area contributed by atoms with E-state index in [9.17, 15) is 9.90 Å². The van der Waals surface area contributed by atoms with Crippen molar-refractivity contribution >= 4 is 43.9 Å². The second kappa shape index (κ2) is 8.64. The molecule has 2 aliphatic rings. The highest BCUT2D eigenvalue weighted by atomic mass is 32.1. The fourth-order valence-electron chi connectivity index (χ4n) is 5.33. The molecule has 1 atom stereocenters. The third kappa shape index (κ3) is 3.73. The van der Waals surface area contributed by atoms with Gasteiger partial charge in [0, 0.05) is 58.0 Å². The van der Waals surface area contributed by atoms with Gasteiger partial charge in [-0.3, -0.25) is 9.78 Å². The molecule has 1 unspecified atom stereocenters. The molecule has 0 bridgehead atoms. The topological polar surface area (TPSA) is 87.1 Å². The first-order valence-corrected chi connectivity index (χ1v) is 12.9. The molecule has 1 aliphatic carbocycles. The van der Waals surface area contributed by atoms with Crippen LogP contribution in [0.3, 0.4) is 0 Å². The van der Waals surface area contributed by atoms with Crippen molar-refractivity contribution in [3.8, 4) is 11.3 Å². The van der Waals surface area contributed by atoms with E-state index >= 15 is 0 Å².